The van der Waals surface area contributed by atoms with Crippen LogP contribution in [0.1, 0.15) is 10.5 Å². The van der Waals surface area contributed by atoms with Crippen LogP contribution >= 0.6 is 11.3 Å². The quantitative estimate of drug-likeness (QED) is 0.748. The van der Waals surface area contributed by atoms with Crippen LogP contribution in [0.4, 0.5) is 10.8 Å². The highest BCUT2D eigenvalue weighted by molar-refractivity contribution is 7.14. The summed E-state index contributed by atoms with van der Waals surface area (Å²) in [4.78, 5) is 19.7. The lowest BCUT2D eigenvalue weighted by molar-refractivity contribution is 0.0595. The van der Waals surface area contributed by atoms with Crippen LogP contribution in [0, 0.1) is 0 Å². The minimum Gasteiger partial charge on any atom is -0.464 e. The summed E-state index contributed by atoms with van der Waals surface area (Å²) >= 11 is 1.36. The number of esters is 1. The van der Waals surface area contributed by atoms with Crippen molar-refractivity contribution in [2.75, 3.05) is 12.4 Å². The minimum absolute atomic E-state index is 0.307. The van der Waals surface area contributed by atoms with Crippen molar-refractivity contribution in [3.8, 4) is 0 Å². The third-order valence-electron chi connectivity index (χ3n) is 2.82. The molecule has 0 amide bonds. The molecule has 0 atom stereocenters. The van der Waals surface area contributed by atoms with E-state index in [1.807, 2.05) is 30.5 Å². The lowest BCUT2D eigenvalue weighted by Crippen LogP contribution is -2.01. The van der Waals surface area contributed by atoms with Crippen molar-refractivity contribution in [1.82, 2.24) is 9.97 Å². The number of carbonyl (C=O) groups is 1. The second-order valence-corrected chi connectivity index (χ2v) is 4.91. The van der Waals surface area contributed by atoms with Gasteiger partial charge in [0.2, 0.25) is 0 Å². The summed E-state index contributed by atoms with van der Waals surface area (Å²) in [5.74, 6) is -0.434. The van der Waals surface area contributed by atoms with Gasteiger partial charge in [0.25, 0.3) is 0 Å². The Labute approximate surface area is 119 Å². The number of carbonyl (C=O) groups excluding carboxylic acids is 1. The molecular weight excluding hydrogens is 274 g/mol. The molecular formula is C14H11N3O2S. The average molecular weight is 285 g/mol. The molecule has 1 aromatic carbocycles. The lowest BCUT2D eigenvalue weighted by Gasteiger charge is -2.06. The van der Waals surface area contributed by atoms with Crippen molar-refractivity contribution in [1.29, 1.82) is 0 Å². The fourth-order valence-corrected chi connectivity index (χ4v) is 2.57. The van der Waals surface area contributed by atoms with Gasteiger partial charge in [-0.25, -0.2) is 9.78 Å². The molecule has 3 rings (SSSR count). The van der Waals surface area contributed by atoms with Crippen LogP contribution in [0.5, 0.6) is 0 Å². The number of thiazole rings is 1. The van der Waals surface area contributed by atoms with Gasteiger partial charge in [0, 0.05) is 34.2 Å². The van der Waals surface area contributed by atoms with Crippen molar-refractivity contribution < 1.29 is 9.53 Å². The highest BCUT2D eigenvalue weighted by Crippen LogP contribution is 2.27. The summed E-state index contributed by atoms with van der Waals surface area (Å²) in [6.45, 7) is 0. The molecule has 1 N–H and O–H groups in total. The van der Waals surface area contributed by atoms with Gasteiger partial charge in [-0.15, -0.1) is 11.3 Å². The molecule has 0 radical (unpaired) electrons. The minimum atomic E-state index is -0.434. The maximum absolute atomic E-state index is 11.4. The number of pyridine rings is 1. The summed E-state index contributed by atoms with van der Waals surface area (Å²) in [7, 11) is 1.34. The first kappa shape index (κ1) is 12.6. The van der Waals surface area contributed by atoms with E-state index in [0.29, 0.717) is 10.8 Å². The molecule has 0 aliphatic rings. The number of anilines is 2. The standard InChI is InChI=1S/C14H11N3O2S/c1-19-13(18)12-8-20-14(17-12)16-11-4-2-3-9-7-15-6-5-10(9)11/h2-8H,1H3,(H,16,17). The maximum atomic E-state index is 11.4. The lowest BCUT2D eigenvalue weighted by atomic mass is 10.1. The zero-order valence-corrected chi connectivity index (χ0v) is 11.5. The summed E-state index contributed by atoms with van der Waals surface area (Å²) in [5.41, 5.74) is 1.23. The Morgan fingerprint density at radius 1 is 1.35 bits per heavy atom. The van der Waals surface area contributed by atoms with E-state index in [-0.39, 0.29) is 0 Å². The molecule has 0 saturated carbocycles. The Hall–Kier alpha value is -2.47. The van der Waals surface area contributed by atoms with Crippen molar-refractivity contribution >= 4 is 38.9 Å². The molecule has 0 saturated heterocycles. The van der Waals surface area contributed by atoms with E-state index in [9.17, 15) is 4.79 Å². The van der Waals surface area contributed by atoms with Crippen LogP contribution in [-0.2, 0) is 4.74 Å². The molecule has 5 nitrogen and oxygen atoms in total. The normalized spacial score (nSPS) is 10.4. The number of hydrogen-bond acceptors (Lipinski definition) is 6. The highest BCUT2D eigenvalue weighted by atomic mass is 32.1. The summed E-state index contributed by atoms with van der Waals surface area (Å²) in [5, 5.41) is 7.63. The predicted octanol–water partition coefficient (Wildman–Crippen LogP) is 3.22. The molecule has 0 bridgehead atoms. The van der Waals surface area contributed by atoms with E-state index in [1.54, 1.807) is 11.6 Å². The number of rotatable bonds is 3. The van der Waals surface area contributed by atoms with Crippen LogP contribution in [0.2, 0.25) is 0 Å². The van der Waals surface area contributed by atoms with Crippen molar-refractivity contribution in [2.45, 2.75) is 0 Å². The Bertz CT molecular complexity index is 764. The van der Waals surface area contributed by atoms with E-state index in [4.69, 9.17) is 0 Å². The summed E-state index contributed by atoms with van der Waals surface area (Å²) in [6, 6.07) is 7.84. The van der Waals surface area contributed by atoms with Crippen molar-refractivity contribution in [2.24, 2.45) is 0 Å². The fourth-order valence-electron chi connectivity index (χ4n) is 1.88. The van der Waals surface area contributed by atoms with E-state index in [2.05, 4.69) is 20.0 Å². The van der Waals surface area contributed by atoms with Gasteiger partial charge in [0.05, 0.1) is 7.11 Å². The third-order valence-corrected chi connectivity index (χ3v) is 3.58. The molecule has 3 aromatic rings. The molecule has 2 aromatic heterocycles. The number of aromatic nitrogens is 2. The van der Waals surface area contributed by atoms with Crippen LogP contribution in [-0.4, -0.2) is 23.0 Å². The van der Waals surface area contributed by atoms with Gasteiger partial charge in [-0.2, -0.15) is 0 Å². The first-order valence-corrected chi connectivity index (χ1v) is 6.79. The first-order chi connectivity index (χ1) is 9.78. The average Bonchev–Trinajstić information content (AvgIpc) is 2.95. The van der Waals surface area contributed by atoms with Gasteiger partial charge in [-0.1, -0.05) is 12.1 Å². The smallest absolute Gasteiger partial charge is 0.357 e. The molecule has 20 heavy (non-hydrogen) atoms. The van der Waals surface area contributed by atoms with Gasteiger partial charge in [-0.3, -0.25) is 4.98 Å². The number of nitrogens with one attached hydrogen (secondary N) is 1. The van der Waals surface area contributed by atoms with Crippen LogP contribution in [0.15, 0.2) is 42.0 Å². The summed E-state index contributed by atoms with van der Waals surface area (Å²) in [6.07, 6.45) is 3.55. The Balaban J connectivity index is 1.93. The first-order valence-electron chi connectivity index (χ1n) is 5.91. The Morgan fingerprint density at radius 3 is 3.10 bits per heavy atom. The number of methoxy groups -OCH3 is 1. The topological polar surface area (TPSA) is 64.1 Å². The number of nitrogens with zero attached hydrogens (tertiary/aromatic N) is 2. The number of fused-ring (bicyclic) bond motifs is 1. The number of hydrogen-bond donors (Lipinski definition) is 1. The van der Waals surface area contributed by atoms with Crippen LogP contribution in [0.3, 0.4) is 0 Å². The van der Waals surface area contributed by atoms with Gasteiger partial charge in [0.15, 0.2) is 10.8 Å². The highest BCUT2D eigenvalue weighted by Gasteiger charge is 2.11. The van der Waals surface area contributed by atoms with Gasteiger partial charge in [0.1, 0.15) is 0 Å². The molecule has 0 fully saturated rings. The van der Waals surface area contributed by atoms with Crippen molar-refractivity contribution in [3.63, 3.8) is 0 Å². The van der Waals surface area contributed by atoms with E-state index in [0.717, 1.165) is 16.5 Å². The molecule has 0 unspecified atom stereocenters. The van der Waals surface area contributed by atoms with Gasteiger partial charge in [-0.05, 0) is 12.1 Å². The van der Waals surface area contributed by atoms with Crippen molar-refractivity contribution in [3.05, 3.63) is 47.7 Å². The molecule has 0 aliphatic carbocycles. The molecule has 2 heterocycles. The van der Waals surface area contributed by atoms with Gasteiger partial charge < -0.3 is 10.1 Å². The van der Waals surface area contributed by atoms with Crippen LogP contribution < -0.4 is 5.32 Å². The Kier molecular flexibility index (Phi) is 3.30. The van der Waals surface area contributed by atoms with Gasteiger partial charge >= 0.3 is 5.97 Å². The largest absolute Gasteiger partial charge is 0.464 e. The fraction of sp³-hybridized carbons (Fsp3) is 0.0714. The SMILES string of the molecule is COC(=O)c1csc(Nc2cccc3cnccc23)n1. The molecule has 0 spiro atoms. The number of ether oxygens (including phenoxy) is 1. The van der Waals surface area contributed by atoms with Crippen LogP contribution in [0.25, 0.3) is 10.8 Å². The Morgan fingerprint density at radius 2 is 2.25 bits per heavy atom. The van der Waals surface area contributed by atoms with E-state index in [1.165, 1.54) is 18.4 Å². The second-order valence-electron chi connectivity index (χ2n) is 4.06. The molecule has 100 valence electrons. The second kappa shape index (κ2) is 5.26. The number of benzene rings is 1. The predicted molar refractivity (Wildman–Crippen MR) is 78.5 cm³/mol. The molecule has 0 aliphatic heterocycles. The third kappa shape index (κ3) is 2.33. The van der Waals surface area contributed by atoms with E-state index >= 15 is 0 Å². The summed E-state index contributed by atoms with van der Waals surface area (Å²) < 4.78 is 4.64. The van der Waals surface area contributed by atoms with E-state index < -0.39 is 5.97 Å². The monoisotopic (exact) mass is 285 g/mol. The maximum Gasteiger partial charge on any atom is 0.357 e. The molecule has 6 heteroatoms. The zero-order chi connectivity index (χ0) is 13.9. The zero-order valence-electron chi connectivity index (χ0n) is 10.7.